The van der Waals surface area contributed by atoms with Crippen LogP contribution >= 0.6 is 0 Å². The molecule has 1 unspecified atom stereocenters. The van der Waals surface area contributed by atoms with Gasteiger partial charge in [0.1, 0.15) is 11.6 Å². The molecule has 0 fully saturated rings. The maximum atomic E-state index is 14.1. The Morgan fingerprint density at radius 1 is 1.43 bits per heavy atom. The molecule has 1 aliphatic rings. The first-order chi connectivity index (χ1) is 10.0. The van der Waals surface area contributed by atoms with Crippen molar-refractivity contribution in [2.75, 3.05) is 0 Å². The van der Waals surface area contributed by atoms with Crippen molar-refractivity contribution in [2.24, 2.45) is 0 Å². The Kier molecular flexibility index (Phi) is 3.35. The van der Waals surface area contributed by atoms with Crippen molar-refractivity contribution in [1.29, 1.82) is 0 Å². The highest BCUT2D eigenvalue weighted by atomic mass is 19.1. The Labute approximate surface area is 120 Å². The Morgan fingerprint density at radius 3 is 2.86 bits per heavy atom. The van der Waals surface area contributed by atoms with Gasteiger partial charge >= 0.3 is 5.97 Å². The number of hydrogen-bond donors (Lipinski definition) is 1. The first kappa shape index (κ1) is 13.9. The lowest BCUT2D eigenvalue weighted by Gasteiger charge is -2.25. The average Bonchev–Trinajstić information content (AvgIpc) is 2.43. The molecule has 1 aromatic heterocycles. The molecule has 2 aromatic rings. The van der Waals surface area contributed by atoms with Crippen LogP contribution in [-0.2, 0) is 6.42 Å². The average molecular weight is 291 g/mol. The van der Waals surface area contributed by atoms with Gasteiger partial charge in [-0.05, 0) is 31.2 Å². The zero-order chi connectivity index (χ0) is 15.1. The summed E-state index contributed by atoms with van der Waals surface area (Å²) >= 11 is 0. The number of nitrogens with zero attached hydrogens (tertiary/aromatic N) is 1. The molecule has 3 nitrogen and oxygen atoms in total. The maximum Gasteiger partial charge on any atom is 0.336 e. The standard InChI is InChI=1S/C16H15F2NO2/c1-2-8-4-3-5-10-13(16(20)21)14-11(18)6-9(17)7-12(14)19-15(8)10/h6-8H,2-5H2,1H3,(H,20,21). The third-order valence-corrected chi connectivity index (χ3v) is 4.21. The van der Waals surface area contributed by atoms with E-state index in [1.54, 1.807) is 0 Å². The summed E-state index contributed by atoms with van der Waals surface area (Å²) in [5.74, 6) is -2.63. The number of carbonyl (C=O) groups is 1. The first-order valence-electron chi connectivity index (χ1n) is 7.07. The minimum atomic E-state index is -1.18. The summed E-state index contributed by atoms with van der Waals surface area (Å²) in [7, 11) is 0. The lowest BCUT2D eigenvalue weighted by molar-refractivity contribution is 0.0697. The number of rotatable bonds is 2. The molecular formula is C16H15F2NO2. The lowest BCUT2D eigenvalue weighted by Crippen LogP contribution is -2.17. The third-order valence-electron chi connectivity index (χ3n) is 4.21. The summed E-state index contributed by atoms with van der Waals surface area (Å²) in [5.41, 5.74) is 1.34. The van der Waals surface area contributed by atoms with Crippen LogP contribution < -0.4 is 0 Å². The van der Waals surface area contributed by atoms with E-state index in [1.807, 2.05) is 6.92 Å². The molecule has 1 heterocycles. The molecule has 1 atom stereocenters. The molecule has 0 bridgehead atoms. The molecule has 0 aliphatic heterocycles. The van der Waals surface area contributed by atoms with Gasteiger partial charge in [0.05, 0.1) is 16.5 Å². The van der Waals surface area contributed by atoms with E-state index in [0.29, 0.717) is 23.7 Å². The highest BCUT2D eigenvalue weighted by Crippen LogP contribution is 2.37. The van der Waals surface area contributed by atoms with Crippen LogP contribution in [0.1, 0.15) is 53.7 Å². The van der Waals surface area contributed by atoms with Crippen molar-refractivity contribution < 1.29 is 18.7 Å². The highest BCUT2D eigenvalue weighted by Gasteiger charge is 2.28. The highest BCUT2D eigenvalue weighted by molar-refractivity contribution is 6.04. The largest absolute Gasteiger partial charge is 0.478 e. The molecule has 0 saturated carbocycles. The summed E-state index contributed by atoms with van der Waals surface area (Å²) in [6, 6.07) is 1.81. The minimum Gasteiger partial charge on any atom is -0.478 e. The molecule has 0 saturated heterocycles. The maximum absolute atomic E-state index is 14.1. The van der Waals surface area contributed by atoms with Crippen LogP contribution in [0.15, 0.2) is 12.1 Å². The number of hydrogen-bond acceptors (Lipinski definition) is 2. The Bertz CT molecular complexity index is 743. The Morgan fingerprint density at radius 2 is 2.19 bits per heavy atom. The van der Waals surface area contributed by atoms with E-state index in [2.05, 4.69) is 4.98 Å². The quantitative estimate of drug-likeness (QED) is 0.908. The molecule has 1 aliphatic carbocycles. The lowest BCUT2D eigenvalue weighted by atomic mass is 9.82. The summed E-state index contributed by atoms with van der Waals surface area (Å²) in [5, 5.41) is 9.42. The fourth-order valence-electron chi connectivity index (χ4n) is 3.26. The fraction of sp³-hybridized carbons (Fsp3) is 0.375. The van der Waals surface area contributed by atoms with Crippen LogP contribution in [0.25, 0.3) is 10.9 Å². The second-order valence-corrected chi connectivity index (χ2v) is 5.43. The van der Waals surface area contributed by atoms with Crippen molar-refractivity contribution in [2.45, 2.75) is 38.5 Å². The van der Waals surface area contributed by atoms with E-state index >= 15 is 0 Å². The van der Waals surface area contributed by atoms with E-state index in [-0.39, 0.29) is 22.4 Å². The monoisotopic (exact) mass is 291 g/mol. The van der Waals surface area contributed by atoms with Crippen LogP contribution in [0, 0.1) is 11.6 Å². The van der Waals surface area contributed by atoms with Crippen LogP contribution in [0.5, 0.6) is 0 Å². The topological polar surface area (TPSA) is 50.2 Å². The number of pyridine rings is 1. The number of fused-ring (bicyclic) bond motifs is 2. The van der Waals surface area contributed by atoms with E-state index < -0.39 is 17.6 Å². The number of carboxylic acid groups (broad SMARTS) is 1. The number of halogens is 2. The SMILES string of the molecule is CCC1CCCc2c1nc1cc(F)cc(F)c1c2C(=O)O. The summed E-state index contributed by atoms with van der Waals surface area (Å²) < 4.78 is 27.5. The van der Waals surface area contributed by atoms with Gasteiger partial charge in [-0.3, -0.25) is 4.98 Å². The van der Waals surface area contributed by atoms with Gasteiger partial charge in [0, 0.05) is 23.7 Å². The van der Waals surface area contributed by atoms with Gasteiger partial charge in [0.15, 0.2) is 0 Å². The predicted molar refractivity (Wildman–Crippen MR) is 74.6 cm³/mol. The molecule has 0 spiro atoms. The van der Waals surface area contributed by atoms with Gasteiger partial charge in [-0.25, -0.2) is 13.6 Å². The second kappa shape index (κ2) is 5.06. The predicted octanol–water partition coefficient (Wildman–Crippen LogP) is 4.04. The first-order valence-corrected chi connectivity index (χ1v) is 7.07. The summed E-state index contributed by atoms with van der Waals surface area (Å²) in [6.45, 7) is 2.01. The van der Waals surface area contributed by atoms with Crippen molar-refractivity contribution in [3.63, 3.8) is 0 Å². The molecule has 5 heteroatoms. The zero-order valence-corrected chi connectivity index (χ0v) is 11.6. The van der Waals surface area contributed by atoms with Crippen LogP contribution in [0.3, 0.4) is 0 Å². The van der Waals surface area contributed by atoms with Gasteiger partial charge < -0.3 is 5.11 Å². The number of aromatic nitrogens is 1. The Hall–Kier alpha value is -2.04. The molecule has 0 radical (unpaired) electrons. The normalized spacial score (nSPS) is 17.8. The van der Waals surface area contributed by atoms with Gasteiger partial charge in [-0.15, -0.1) is 0 Å². The van der Waals surface area contributed by atoms with Gasteiger partial charge in [-0.1, -0.05) is 6.92 Å². The molecule has 1 N–H and O–H groups in total. The Balaban J connectivity index is 2.43. The van der Waals surface area contributed by atoms with Gasteiger partial charge in [0.2, 0.25) is 0 Å². The fourth-order valence-corrected chi connectivity index (χ4v) is 3.26. The second-order valence-electron chi connectivity index (χ2n) is 5.43. The van der Waals surface area contributed by atoms with Crippen molar-refractivity contribution in [3.05, 3.63) is 40.6 Å². The third kappa shape index (κ3) is 2.17. The molecular weight excluding hydrogens is 276 g/mol. The molecule has 110 valence electrons. The smallest absolute Gasteiger partial charge is 0.336 e. The van der Waals surface area contributed by atoms with Gasteiger partial charge in [-0.2, -0.15) is 0 Å². The summed E-state index contributed by atoms with van der Waals surface area (Å²) in [4.78, 5) is 16.0. The number of aromatic carboxylic acids is 1. The van der Waals surface area contributed by atoms with Crippen LogP contribution in [-0.4, -0.2) is 16.1 Å². The van der Waals surface area contributed by atoms with Crippen LogP contribution in [0.4, 0.5) is 8.78 Å². The van der Waals surface area contributed by atoms with E-state index in [0.717, 1.165) is 25.3 Å². The zero-order valence-electron chi connectivity index (χ0n) is 11.6. The van der Waals surface area contributed by atoms with E-state index in [9.17, 15) is 18.7 Å². The molecule has 21 heavy (non-hydrogen) atoms. The molecule has 3 rings (SSSR count). The number of benzene rings is 1. The number of carboxylic acids is 1. The van der Waals surface area contributed by atoms with Crippen molar-refractivity contribution >= 4 is 16.9 Å². The van der Waals surface area contributed by atoms with E-state index in [4.69, 9.17) is 0 Å². The van der Waals surface area contributed by atoms with Crippen molar-refractivity contribution in [3.8, 4) is 0 Å². The van der Waals surface area contributed by atoms with E-state index in [1.165, 1.54) is 0 Å². The molecule has 0 amide bonds. The summed E-state index contributed by atoms with van der Waals surface area (Å²) in [6.07, 6.45) is 3.20. The van der Waals surface area contributed by atoms with Crippen molar-refractivity contribution in [1.82, 2.24) is 4.98 Å². The minimum absolute atomic E-state index is 0.0503. The molecule has 1 aromatic carbocycles. The van der Waals surface area contributed by atoms with Gasteiger partial charge in [0.25, 0.3) is 0 Å². The van der Waals surface area contributed by atoms with Crippen LogP contribution in [0.2, 0.25) is 0 Å².